The predicted molar refractivity (Wildman–Crippen MR) is 79.8 cm³/mol. The maximum absolute atomic E-state index is 13.7. The molecule has 2 aromatic rings. The SMILES string of the molecule is COC(=O)c1ccc(NC(=O)c2c(F)cccc2Br)cc1. The van der Waals surface area contributed by atoms with Gasteiger partial charge in [-0.05, 0) is 52.3 Å². The highest BCUT2D eigenvalue weighted by molar-refractivity contribution is 9.10. The first-order chi connectivity index (χ1) is 10.0. The monoisotopic (exact) mass is 351 g/mol. The smallest absolute Gasteiger partial charge is 0.337 e. The molecule has 0 unspecified atom stereocenters. The highest BCUT2D eigenvalue weighted by Crippen LogP contribution is 2.21. The van der Waals surface area contributed by atoms with Crippen LogP contribution >= 0.6 is 15.9 Å². The Hall–Kier alpha value is -2.21. The number of methoxy groups -OCH3 is 1. The molecule has 0 aromatic heterocycles. The lowest BCUT2D eigenvalue weighted by Gasteiger charge is -2.08. The van der Waals surface area contributed by atoms with E-state index in [9.17, 15) is 14.0 Å². The normalized spacial score (nSPS) is 10.0. The van der Waals surface area contributed by atoms with E-state index >= 15 is 0 Å². The van der Waals surface area contributed by atoms with Gasteiger partial charge in [-0.1, -0.05) is 6.07 Å². The molecule has 0 aliphatic carbocycles. The standard InChI is InChI=1S/C15H11BrFNO3/c1-21-15(20)9-5-7-10(8-6-9)18-14(19)13-11(16)3-2-4-12(13)17/h2-8H,1H3,(H,18,19). The molecule has 0 aliphatic rings. The van der Waals surface area contributed by atoms with Crippen molar-refractivity contribution in [3.05, 3.63) is 63.9 Å². The van der Waals surface area contributed by atoms with Crippen LogP contribution in [0.1, 0.15) is 20.7 Å². The molecule has 4 nitrogen and oxygen atoms in total. The van der Waals surface area contributed by atoms with Crippen LogP contribution in [0.2, 0.25) is 0 Å². The second-order valence-corrected chi connectivity index (χ2v) is 4.97. The Kier molecular flexibility index (Phi) is 4.70. The molecule has 1 N–H and O–H groups in total. The number of carbonyl (C=O) groups excluding carboxylic acids is 2. The first-order valence-electron chi connectivity index (χ1n) is 5.96. The number of ether oxygens (including phenoxy) is 1. The van der Waals surface area contributed by atoms with Gasteiger partial charge in [0.05, 0.1) is 18.2 Å². The van der Waals surface area contributed by atoms with E-state index < -0.39 is 17.7 Å². The third kappa shape index (κ3) is 3.46. The maximum Gasteiger partial charge on any atom is 0.337 e. The molecule has 0 radical (unpaired) electrons. The van der Waals surface area contributed by atoms with Crippen molar-refractivity contribution in [3.8, 4) is 0 Å². The van der Waals surface area contributed by atoms with Crippen LogP contribution in [0.4, 0.5) is 10.1 Å². The summed E-state index contributed by atoms with van der Waals surface area (Å²) in [5, 5.41) is 2.56. The number of anilines is 1. The molecule has 1 amide bonds. The number of hydrogen-bond acceptors (Lipinski definition) is 3. The van der Waals surface area contributed by atoms with Gasteiger partial charge in [0.2, 0.25) is 0 Å². The molecule has 0 heterocycles. The summed E-state index contributed by atoms with van der Waals surface area (Å²) < 4.78 is 18.6. The van der Waals surface area contributed by atoms with Crippen molar-refractivity contribution in [2.45, 2.75) is 0 Å². The van der Waals surface area contributed by atoms with Crippen LogP contribution < -0.4 is 5.32 Å². The Labute approximate surface area is 129 Å². The van der Waals surface area contributed by atoms with E-state index in [1.54, 1.807) is 18.2 Å². The number of halogens is 2. The fraction of sp³-hybridized carbons (Fsp3) is 0.0667. The van der Waals surface area contributed by atoms with E-state index in [-0.39, 0.29) is 5.56 Å². The van der Waals surface area contributed by atoms with Gasteiger partial charge in [0.15, 0.2) is 0 Å². The minimum absolute atomic E-state index is 0.0745. The molecule has 0 saturated heterocycles. The van der Waals surface area contributed by atoms with E-state index in [1.165, 1.54) is 31.4 Å². The summed E-state index contributed by atoms with van der Waals surface area (Å²) in [5.41, 5.74) is 0.736. The molecule has 0 spiro atoms. The average Bonchev–Trinajstić information content (AvgIpc) is 2.47. The fourth-order valence-electron chi connectivity index (χ4n) is 1.72. The summed E-state index contributed by atoms with van der Waals surface area (Å²) in [6.45, 7) is 0. The minimum atomic E-state index is -0.618. The first-order valence-corrected chi connectivity index (χ1v) is 6.76. The van der Waals surface area contributed by atoms with E-state index in [4.69, 9.17) is 0 Å². The Morgan fingerprint density at radius 3 is 2.38 bits per heavy atom. The van der Waals surface area contributed by atoms with E-state index in [1.807, 2.05) is 0 Å². The zero-order chi connectivity index (χ0) is 15.4. The summed E-state index contributed by atoms with van der Waals surface area (Å²) >= 11 is 3.14. The Morgan fingerprint density at radius 2 is 1.81 bits per heavy atom. The van der Waals surface area contributed by atoms with Gasteiger partial charge in [0.1, 0.15) is 5.82 Å². The summed E-state index contributed by atoms with van der Waals surface area (Å²) in [7, 11) is 1.29. The van der Waals surface area contributed by atoms with Crippen LogP contribution in [0.3, 0.4) is 0 Å². The maximum atomic E-state index is 13.7. The average molecular weight is 352 g/mol. The summed E-state index contributed by atoms with van der Waals surface area (Å²) in [5.74, 6) is -1.66. The second-order valence-electron chi connectivity index (χ2n) is 4.12. The number of hydrogen-bond donors (Lipinski definition) is 1. The minimum Gasteiger partial charge on any atom is -0.465 e. The van der Waals surface area contributed by atoms with Crippen LogP contribution in [0.15, 0.2) is 46.9 Å². The molecule has 2 rings (SSSR count). The van der Waals surface area contributed by atoms with Crippen molar-refractivity contribution in [1.29, 1.82) is 0 Å². The summed E-state index contributed by atoms with van der Waals surface area (Å²) in [4.78, 5) is 23.4. The van der Waals surface area contributed by atoms with Crippen LogP contribution in [0.5, 0.6) is 0 Å². The molecule has 21 heavy (non-hydrogen) atoms. The summed E-state index contributed by atoms with van der Waals surface area (Å²) in [6.07, 6.45) is 0. The topological polar surface area (TPSA) is 55.4 Å². The van der Waals surface area contributed by atoms with Gasteiger partial charge >= 0.3 is 5.97 Å². The van der Waals surface area contributed by atoms with Crippen LogP contribution in [-0.4, -0.2) is 19.0 Å². The van der Waals surface area contributed by atoms with Crippen molar-refractivity contribution in [2.75, 3.05) is 12.4 Å². The van der Waals surface area contributed by atoms with Gasteiger partial charge in [-0.2, -0.15) is 0 Å². The van der Waals surface area contributed by atoms with Crippen LogP contribution in [0.25, 0.3) is 0 Å². The van der Waals surface area contributed by atoms with E-state index in [0.29, 0.717) is 15.7 Å². The van der Waals surface area contributed by atoms with Crippen LogP contribution in [-0.2, 0) is 4.74 Å². The molecule has 6 heteroatoms. The Bertz CT molecular complexity index is 666. The van der Waals surface area contributed by atoms with E-state index in [2.05, 4.69) is 26.0 Å². The zero-order valence-corrected chi connectivity index (χ0v) is 12.6. The predicted octanol–water partition coefficient (Wildman–Crippen LogP) is 3.63. The molecule has 2 aromatic carbocycles. The van der Waals surface area contributed by atoms with Gasteiger partial charge in [0.25, 0.3) is 5.91 Å². The number of carbonyl (C=O) groups is 2. The molecule has 0 fully saturated rings. The number of rotatable bonds is 3. The Morgan fingerprint density at radius 1 is 1.14 bits per heavy atom. The molecule has 108 valence electrons. The number of nitrogens with one attached hydrogen (secondary N) is 1. The quantitative estimate of drug-likeness (QED) is 0.859. The Balaban J connectivity index is 2.18. The third-order valence-corrected chi connectivity index (χ3v) is 3.41. The van der Waals surface area contributed by atoms with Crippen molar-refractivity contribution in [1.82, 2.24) is 0 Å². The zero-order valence-electron chi connectivity index (χ0n) is 11.0. The van der Waals surface area contributed by atoms with Crippen molar-refractivity contribution >= 4 is 33.5 Å². The van der Waals surface area contributed by atoms with Crippen LogP contribution in [0, 0.1) is 5.82 Å². The number of amides is 1. The lowest BCUT2D eigenvalue weighted by molar-refractivity contribution is 0.0600. The third-order valence-electron chi connectivity index (χ3n) is 2.75. The molecular weight excluding hydrogens is 341 g/mol. The molecular formula is C15H11BrFNO3. The molecule has 0 bridgehead atoms. The van der Waals surface area contributed by atoms with Gasteiger partial charge < -0.3 is 10.1 Å². The summed E-state index contributed by atoms with van der Waals surface area (Å²) in [6, 6.07) is 10.4. The van der Waals surface area contributed by atoms with Crippen molar-refractivity contribution in [2.24, 2.45) is 0 Å². The molecule has 0 atom stereocenters. The number of esters is 1. The van der Waals surface area contributed by atoms with Gasteiger partial charge in [-0.25, -0.2) is 9.18 Å². The second kappa shape index (κ2) is 6.49. The largest absolute Gasteiger partial charge is 0.465 e. The molecule has 0 saturated carbocycles. The highest BCUT2D eigenvalue weighted by atomic mass is 79.9. The number of benzene rings is 2. The van der Waals surface area contributed by atoms with Gasteiger partial charge in [0, 0.05) is 10.2 Å². The van der Waals surface area contributed by atoms with Crippen molar-refractivity contribution < 1.29 is 18.7 Å². The van der Waals surface area contributed by atoms with Gasteiger partial charge in [-0.15, -0.1) is 0 Å². The molecule has 0 aliphatic heterocycles. The highest BCUT2D eigenvalue weighted by Gasteiger charge is 2.15. The lowest BCUT2D eigenvalue weighted by Crippen LogP contribution is -2.14. The first kappa shape index (κ1) is 15.2. The lowest BCUT2D eigenvalue weighted by atomic mass is 10.1. The van der Waals surface area contributed by atoms with Crippen molar-refractivity contribution in [3.63, 3.8) is 0 Å². The van der Waals surface area contributed by atoms with E-state index in [0.717, 1.165) is 0 Å². The van der Waals surface area contributed by atoms with Gasteiger partial charge in [-0.3, -0.25) is 4.79 Å². The fourth-order valence-corrected chi connectivity index (χ4v) is 2.24.